The van der Waals surface area contributed by atoms with Gasteiger partial charge in [0, 0.05) is 39.7 Å². The molecule has 2 heterocycles. The molecule has 8 heteroatoms. The summed E-state index contributed by atoms with van der Waals surface area (Å²) in [5, 5.41) is 10.2. The van der Waals surface area contributed by atoms with Crippen molar-refractivity contribution in [1.82, 2.24) is 24.7 Å². The van der Waals surface area contributed by atoms with Crippen LogP contribution in [0.2, 0.25) is 0 Å². The van der Waals surface area contributed by atoms with Crippen molar-refractivity contribution >= 4 is 11.9 Å². The Morgan fingerprint density at radius 1 is 1.20 bits per heavy atom. The van der Waals surface area contributed by atoms with Crippen molar-refractivity contribution in [1.29, 1.82) is 0 Å². The molecular formula is C12H19N7O. The number of ether oxygens (including phenoxy) is 1. The van der Waals surface area contributed by atoms with E-state index in [4.69, 9.17) is 4.74 Å². The van der Waals surface area contributed by atoms with E-state index in [-0.39, 0.29) is 0 Å². The zero-order valence-corrected chi connectivity index (χ0v) is 11.7. The van der Waals surface area contributed by atoms with Gasteiger partial charge in [-0.2, -0.15) is 20.1 Å². The highest BCUT2D eigenvalue weighted by molar-refractivity contribution is 5.37. The molecule has 0 aliphatic carbocycles. The smallest absolute Gasteiger partial charge is 0.257 e. The topological polar surface area (TPSA) is 89.8 Å². The Labute approximate surface area is 117 Å². The van der Waals surface area contributed by atoms with Crippen molar-refractivity contribution < 1.29 is 4.74 Å². The fourth-order valence-electron chi connectivity index (χ4n) is 1.62. The standard InChI is InChI=1S/C12H19N7O/c1-13-10-16-11(14-6-3-4-9-20-2)18-12(17-10)19-8-5-7-15-19/h5,7-8H,3-4,6,9H2,1-2H3,(H2,13,14,16,17,18). The molecular weight excluding hydrogens is 258 g/mol. The third-order valence-electron chi connectivity index (χ3n) is 2.61. The van der Waals surface area contributed by atoms with Gasteiger partial charge in [-0.05, 0) is 18.9 Å². The van der Waals surface area contributed by atoms with E-state index in [0.717, 1.165) is 26.0 Å². The van der Waals surface area contributed by atoms with Gasteiger partial charge < -0.3 is 15.4 Å². The second-order valence-corrected chi connectivity index (χ2v) is 4.11. The molecule has 2 rings (SSSR count). The van der Waals surface area contributed by atoms with Crippen LogP contribution in [0.4, 0.5) is 11.9 Å². The van der Waals surface area contributed by atoms with E-state index in [1.807, 2.05) is 6.07 Å². The van der Waals surface area contributed by atoms with Gasteiger partial charge in [-0.25, -0.2) is 4.68 Å². The predicted molar refractivity (Wildman–Crippen MR) is 76.1 cm³/mol. The largest absolute Gasteiger partial charge is 0.385 e. The molecule has 108 valence electrons. The van der Waals surface area contributed by atoms with Crippen molar-refractivity contribution in [3.63, 3.8) is 0 Å². The van der Waals surface area contributed by atoms with Crippen molar-refractivity contribution in [2.24, 2.45) is 0 Å². The normalized spacial score (nSPS) is 10.5. The van der Waals surface area contributed by atoms with E-state index in [0.29, 0.717) is 17.8 Å². The molecule has 0 amide bonds. The third-order valence-corrected chi connectivity index (χ3v) is 2.61. The molecule has 0 saturated heterocycles. The van der Waals surface area contributed by atoms with Gasteiger partial charge in [-0.15, -0.1) is 0 Å². The van der Waals surface area contributed by atoms with E-state index in [9.17, 15) is 0 Å². The second-order valence-electron chi connectivity index (χ2n) is 4.11. The highest BCUT2D eigenvalue weighted by Crippen LogP contribution is 2.08. The Bertz CT molecular complexity index is 515. The summed E-state index contributed by atoms with van der Waals surface area (Å²) in [6, 6.07) is 1.82. The summed E-state index contributed by atoms with van der Waals surface area (Å²) in [5.74, 6) is 1.52. The molecule has 8 nitrogen and oxygen atoms in total. The first kappa shape index (κ1) is 14.2. The third kappa shape index (κ3) is 3.89. The van der Waals surface area contributed by atoms with Gasteiger partial charge in [-0.3, -0.25) is 0 Å². The van der Waals surface area contributed by atoms with Crippen molar-refractivity contribution in [3.05, 3.63) is 18.5 Å². The number of nitrogens with zero attached hydrogens (tertiary/aromatic N) is 5. The van der Waals surface area contributed by atoms with Crippen LogP contribution in [0.1, 0.15) is 12.8 Å². The fourth-order valence-corrected chi connectivity index (χ4v) is 1.62. The average Bonchev–Trinajstić information content (AvgIpc) is 3.01. The lowest BCUT2D eigenvalue weighted by Gasteiger charge is -2.08. The predicted octanol–water partition coefficient (Wildman–Crippen LogP) is 0.937. The van der Waals surface area contributed by atoms with E-state index in [2.05, 4.69) is 30.7 Å². The fraction of sp³-hybridized carbons (Fsp3) is 0.500. The molecule has 0 atom stereocenters. The van der Waals surface area contributed by atoms with Crippen LogP contribution in [0.3, 0.4) is 0 Å². The summed E-state index contributed by atoms with van der Waals surface area (Å²) in [4.78, 5) is 12.9. The van der Waals surface area contributed by atoms with Crippen LogP contribution in [0, 0.1) is 0 Å². The Morgan fingerprint density at radius 3 is 2.75 bits per heavy atom. The van der Waals surface area contributed by atoms with Gasteiger partial charge >= 0.3 is 0 Å². The van der Waals surface area contributed by atoms with E-state index in [1.54, 1.807) is 31.2 Å². The Kier molecular flexibility index (Phi) is 5.24. The van der Waals surface area contributed by atoms with Crippen LogP contribution in [0.15, 0.2) is 18.5 Å². The molecule has 0 unspecified atom stereocenters. The first-order valence-electron chi connectivity index (χ1n) is 6.50. The first-order valence-corrected chi connectivity index (χ1v) is 6.50. The van der Waals surface area contributed by atoms with Crippen LogP contribution in [-0.2, 0) is 4.74 Å². The number of hydrogen-bond donors (Lipinski definition) is 2. The Balaban J connectivity index is 2.03. The SMILES string of the molecule is CNc1nc(NCCCCOC)nc(-n2cccn2)n1. The molecule has 0 saturated carbocycles. The Hall–Kier alpha value is -2.22. The number of rotatable bonds is 8. The highest BCUT2D eigenvalue weighted by Gasteiger charge is 2.07. The van der Waals surface area contributed by atoms with Crippen molar-refractivity contribution in [2.45, 2.75) is 12.8 Å². The average molecular weight is 277 g/mol. The maximum Gasteiger partial charge on any atom is 0.257 e. The van der Waals surface area contributed by atoms with Crippen molar-refractivity contribution in [3.8, 4) is 5.95 Å². The molecule has 0 aromatic carbocycles. The maximum absolute atomic E-state index is 5.01. The lowest BCUT2D eigenvalue weighted by molar-refractivity contribution is 0.193. The summed E-state index contributed by atoms with van der Waals surface area (Å²) >= 11 is 0. The van der Waals surface area contributed by atoms with Crippen molar-refractivity contribution in [2.75, 3.05) is 37.9 Å². The number of methoxy groups -OCH3 is 1. The van der Waals surface area contributed by atoms with Crippen LogP contribution in [-0.4, -0.2) is 52.0 Å². The van der Waals surface area contributed by atoms with Crippen LogP contribution < -0.4 is 10.6 Å². The molecule has 20 heavy (non-hydrogen) atoms. The van der Waals surface area contributed by atoms with E-state index in [1.165, 1.54) is 0 Å². The van der Waals surface area contributed by atoms with Crippen LogP contribution >= 0.6 is 0 Å². The zero-order chi connectivity index (χ0) is 14.2. The van der Waals surface area contributed by atoms with Crippen LogP contribution in [0.5, 0.6) is 0 Å². The van der Waals surface area contributed by atoms with Crippen LogP contribution in [0.25, 0.3) is 5.95 Å². The van der Waals surface area contributed by atoms with Gasteiger partial charge in [0.2, 0.25) is 11.9 Å². The quantitative estimate of drug-likeness (QED) is 0.694. The van der Waals surface area contributed by atoms with E-state index < -0.39 is 0 Å². The summed E-state index contributed by atoms with van der Waals surface area (Å²) in [6.45, 7) is 1.55. The Morgan fingerprint density at radius 2 is 2.05 bits per heavy atom. The molecule has 0 bridgehead atoms. The summed E-state index contributed by atoms with van der Waals surface area (Å²) < 4.78 is 6.60. The van der Waals surface area contributed by atoms with E-state index >= 15 is 0 Å². The molecule has 0 spiro atoms. The number of nitrogens with one attached hydrogen (secondary N) is 2. The van der Waals surface area contributed by atoms with Gasteiger partial charge in [0.15, 0.2) is 0 Å². The minimum Gasteiger partial charge on any atom is -0.385 e. The molecule has 2 aromatic rings. The van der Waals surface area contributed by atoms with Gasteiger partial charge in [0.05, 0.1) is 0 Å². The van der Waals surface area contributed by atoms with Gasteiger partial charge in [-0.1, -0.05) is 0 Å². The number of hydrogen-bond acceptors (Lipinski definition) is 7. The first-order chi connectivity index (χ1) is 9.83. The molecule has 0 radical (unpaired) electrons. The highest BCUT2D eigenvalue weighted by atomic mass is 16.5. The maximum atomic E-state index is 5.01. The molecule has 2 aromatic heterocycles. The molecule has 0 aliphatic heterocycles. The minimum atomic E-state index is 0.480. The number of aromatic nitrogens is 5. The number of unbranched alkanes of at least 4 members (excludes halogenated alkanes) is 1. The minimum absolute atomic E-state index is 0.480. The van der Waals surface area contributed by atoms with Gasteiger partial charge in [0.25, 0.3) is 5.95 Å². The molecule has 0 fully saturated rings. The zero-order valence-electron chi connectivity index (χ0n) is 11.7. The monoisotopic (exact) mass is 277 g/mol. The lowest BCUT2D eigenvalue weighted by atomic mass is 10.3. The second kappa shape index (κ2) is 7.39. The summed E-state index contributed by atoms with van der Waals surface area (Å²) in [7, 11) is 3.47. The van der Waals surface area contributed by atoms with Gasteiger partial charge in [0.1, 0.15) is 0 Å². The number of anilines is 2. The summed E-state index contributed by atoms with van der Waals surface area (Å²) in [6.07, 6.45) is 5.46. The lowest BCUT2D eigenvalue weighted by Crippen LogP contribution is -2.12. The molecule has 0 aliphatic rings. The summed E-state index contributed by atoms with van der Waals surface area (Å²) in [5.41, 5.74) is 0. The molecule has 2 N–H and O–H groups in total.